The average Bonchev–Trinajstić information content (AvgIpc) is 2.41. The van der Waals surface area contributed by atoms with E-state index in [4.69, 9.17) is 23.2 Å². The third kappa shape index (κ3) is 2.94. The van der Waals surface area contributed by atoms with E-state index in [0.717, 1.165) is 12.0 Å². The number of aryl methyl sites for hydroxylation is 1. The van der Waals surface area contributed by atoms with E-state index >= 15 is 0 Å². The van der Waals surface area contributed by atoms with Gasteiger partial charge in [-0.2, -0.15) is 0 Å². The van der Waals surface area contributed by atoms with Crippen molar-refractivity contribution < 1.29 is 5.11 Å². The zero-order valence-corrected chi connectivity index (χ0v) is 12.5. The Hall–Kier alpha value is -1.02. The van der Waals surface area contributed by atoms with Gasteiger partial charge in [-0.3, -0.25) is 0 Å². The van der Waals surface area contributed by atoms with Crippen LogP contribution in [-0.2, 0) is 12.0 Å². The highest BCUT2D eigenvalue weighted by molar-refractivity contribution is 6.33. The van der Waals surface area contributed by atoms with Crippen LogP contribution in [0, 0.1) is 0 Å². The van der Waals surface area contributed by atoms with Gasteiger partial charge in [0.25, 0.3) is 0 Å². The SMILES string of the molecule is CCc1ccc(C(C)(O)c2cc(Cl)ccc2Cl)cc1. The Morgan fingerprint density at radius 3 is 2.26 bits per heavy atom. The van der Waals surface area contributed by atoms with Crippen molar-refractivity contribution in [3.63, 3.8) is 0 Å². The lowest BCUT2D eigenvalue weighted by molar-refractivity contribution is 0.102. The number of aliphatic hydroxyl groups is 1. The molecule has 0 bridgehead atoms. The molecule has 0 amide bonds. The molecule has 0 saturated carbocycles. The second-order valence-corrected chi connectivity index (χ2v) is 5.59. The maximum atomic E-state index is 10.8. The topological polar surface area (TPSA) is 20.2 Å². The van der Waals surface area contributed by atoms with E-state index in [1.54, 1.807) is 25.1 Å². The standard InChI is InChI=1S/C16H16Cl2O/c1-3-11-4-6-12(7-5-11)16(2,19)14-10-13(17)8-9-15(14)18/h4-10,19H,3H2,1-2H3. The van der Waals surface area contributed by atoms with E-state index in [1.807, 2.05) is 24.3 Å². The van der Waals surface area contributed by atoms with Crippen LogP contribution in [0.3, 0.4) is 0 Å². The lowest BCUT2D eigenvalue weighted by atomic mass is 9.87. The van der Waals surface area contributed by atoms with Crippen molar-refractivity contribution in [2.75, 3.05) is 0 Å². The fraction of sp³-hybridized carbons (Fsp3) is 0.250. The smallest absolute Gasteiger partial charge is 0.113 e. The van der Waals surface area contributed by atoms with Crippen LogP contribution < -0.4 is 0 Å². The van der Waals surface area contributed by atoms with Gasteiger partial charge in [-0.05, 0) is 42.7 Å². The van der Waals surface area contributed by atoms with E-state index in [0.29, 0.717) is 15.6 Å². The van der Waals surface area contributed by atoms with Gasteiger partial charge in [0.1, 0.15) is 5.60 Å². The summed E-state index contributed by atoms with van der Waals surface area (Å²) in [6.45, 7) is 3.83. The van der Waals surface area contributed by atoms with Gasteiger partial charge in [0.05, 0.1) is 0 Å². The third-order valence-corrected chi connectivity index (χ3v) is 3.94. The van der Waals surface area contributed by atoms with Gasteiger partial charge in [-0.25, -0.2) is 0 Å². The molecule has 1 unspecified atom stereocenters. The van der Waals surface area contributed by atoms with Crippen LogP contribution in [0.25, 0.3) is 0 Å². The average molecular weight is 295 g/mol. The van der Waals surface area contributed by atoms with Gasteiger partial charge in [0, 0.05) is 15.6 Å². The molecule has 0 heterocycles. The molecule has 0 aliphatic heterocycles. The summed E-state index contributed by atoms with van der Waals surface area (Å²) in [6.07, 6.45) is 0.973. The molecule has 2 aromatic rings. The number of benzene rings is 2. The summed E-state index contributed by atoms with van der Waals surface area (Å²) >= 11 is 12.2. The molecule has 2 aromatic carbocycles. The summed E-state index contributed by atoms with van der Waals surface area (Å²) in [5, 5.41) is 11.9. The molecule has 19 heavy (non-hydrogen) atoms. The summed E-state index contributed by atoms with van der Waals surface area (Å²) in [5.41, 5.74) is 1.49. The molecule has 1 nitrogen and oxygen atoms in total. The first kappa shape index (κ1) is 14.4. The van der Waals surface area contributed by atoms with E-state index in [1.165, 1.54) is 5.56 Å². The fourth-order valence-electron chi connectivity index (χ4n) is 2.09. The van der Waals surface area contributed by atoms with Crippen LogP contribution in [0.1, 0.15) is 30.5 Å². The first-order valence-corrected chi connectivity index (χ1v) is 6.98. The molecular formula is C16H16Cl2O. The number of hydrogen-bond donors (Lipinski definition) is 1. The minimum Gasteiger partial charge on any atom is -0.381 e. The van der Waals surface area contributed by atoms with Crippen molar-refractivity contribution >= 4 is 23.2 Å². The molecule has 0 aliphatic carbocycles. The van der Waals surface area contributed by atoms with E-state index < -0.39 is 5.60 Å². The molecule has 100 valence electrons. The second kappa shape index (κ2) is 5.54. The Bertz CT molecular complexity index is 574. The van der Waals surface area contributed by atoms with E-state index in [-0.39, 0.29) is 0 Å². The lowest BCUT2D eigenvalue weighted by Gasteiger charge is -2.26. The quantitative estimate of drug-likeness (QED) is 0.861. The normalized spacial score (nSPS) is 14.2. The second-order valence-electron chi connectivity index (χ2n) is 4.75. The summed E-state index contributed by atoms with van der Waals surface area (Å²) in [7, 11) is 0. The van der Waals surface area contributed by atoms with Crippen LogP contribution in [0.5, 0.6) is 0 Å². The Balaban J connectivity index is 2.48. The minimum absolute atomic E-state index is 0.508. The first-order valence-electron chi connectivity index (χ1n) is 6.22. The Kier molecular flexibility index (Phi) is 4.19. The molecule has 0 aliphatic rings. The van der Waals surface area contributed by atoms with Gasteiger partial charge >= 0.3 is 0 Å². The Morgan fingerprint density at radius 1 is 1.05 bits per heavy atom. The molecule has 0 spiro atoms. The molecule has 2 rings (SSSR count). The molecular weight excluding hydrogens is 279 g/mol. The Labute approximate surface area is 123 Å². The zero-order chi connectivity index (χ0) is 14.0. The molecule has 0 fully saturated rings. The summed E-state index contributed by atoms with van der Waals surface area (Å²) in [4.78, 5) is 0. The van der Waals surface area contributed by atoms with Crippen molar-refractivity contribution in [1.29, 1.82) is 0 Å². The highest BCUT2D eigenvalue weighted by atomic mass is 35.5. The van der Waals surface area contributed by atoms with Gasteiger partial charge in [-0.1, -0.05) is 54.4 Å². The predicted molar refractivity (Wildman–Crippen MR) is 81.0 cm³/mol. The molecule has 0 saturated heterocycles. The predicted octanol–water partition coefficient (Wildman–Crippen LogP) is 4.81. The maximum Gasteiger partial charge on any atom is 0.113 e. The highest BCUT2D eigenvalue weighted by Gasteiger charge is 2.28. The number of rotatable bonds is 3. The summed E-state index contributed by atoms with van der Waals surface area (Å²) in [6, 6.07) is 13.0. The van der Waals surface area contributed by atoms with Gasteiger partial charge in [-0.15, -0.1) is 0 Å². The summed E-state index contributed by atoms with van der Waals surface area (Å²) in [5.74, 6) is 0. The summed E-state index contributed by atoms with van der Waals surface area (Å²) < 4.78 is 0. The van der Waals surface area contributed by atoms with Crippen LogP contribution >= 0.6 is 23.2 Å². The van der Waals surface area contributed by atoms with Crippen LogP contribution in [0.2, 0.25) is 10.0 Å². The van der Waals surface area contributed by atoms with Crippen LogP contribution in [0.4, 0.5) is 0 Å². The van der Waals surface area contributed by atoms with Crippen molar-refractivity contribution in [1.82, 2.24) is 0 Å². The number of hydrogen-bond acceptors (Lipinski definition) is 1. The lowest BCUT2D eigenvalue weighted by Crippen LogP contribution is -2.23. The third-order valence-electron chi connectivity index (χ3n) is 3.38. The fourth-order valence-corrected chi connectivity index (χ4v) is 2.56. The first-order chi connectivity index (χ1) is 8.95. The van der Waals surface area contributed by atoms with E-state index in [9.17, 15) is 5.11 Å². The zero-order valence-electron chi connectivity index (χ0n) is 11.0. The van der Waals surface area contributed by atoms with Gasteiger partial charge in [0.15, 0.2) is 0 Å². The molecule has 0 radical (unpaired) electrons. The van der Waals surface area contributed by atoms with Gasteiger partial charge in [0.2, 0.25) is 0 Å². The molecule has 3 heteroatoms. The van der Waals surface area contributed by atoms with Crippen molar-refractivity contribution in [2.24, 2.45) is 0 Å². The molecule has 1 atom stereocenters. The molecule has 1 N–H and O–H groups in total. The van der Waals surface area contributed by atoms with Crippen molar-refractivity contribution in [2.45, 2.75) is 25.9 Å². The maximum absolute atomic E-state index is 10.8. The number of halogens is 2. The minimum atomic E-state index is -1.16. The molecule has 0 aromatic heterocycles. The monoisotopic (exact) mass is 294 g/mol. The van der Waals surface area contributed by atoms with E-state index in [2.05, 4.69) is 6.92 Å². The highest BCUT2D eigenvalue weighted by Crippen LogP contribution is 2.35. The Morgan fingerprint density at radius 2 is 1.68 bits per heavy atom. The van der Waals surface area contributed by atoms with Crippen molar-refractivity contribution in [3.05, 3.63) is 69.2 Å². The van der Waals surface area contributed by atoms with Crippen LogP contribution in [0.15, 0.2) is 42.5 Å². The largest absolute Gasteiger partial charge is 0.381 e. The van der Waals surface area contributed by atoms with Gasteiger partial charge < -0.3 is 5.11 Å². The van der Waals surface area contributed by atoms with Crippen molar-refractivity contribution in [3.8, 4) is 0 Å². The van der Waals surface area contributed by atoms with Crippen LogP contribution in [-0.4, -0.2) is 5.11 Å².